The van der Waals surface area contributed by atoms with Crippen molar-refractivity contribution in [3.63, 3.8) is 0 Å². The summed E-state index contributed by atoms with van der Waals surface area (Å²) in [4.78, 5) is 19.3. The minimum absolute atomic E-state index is 0. The van der Waals surface area contributed by atoms with E-state index in [0.29, 0.717) is 69.0 Å². The molecule has 53 heavy (non-hydrogen) atoms. The smallest absolute Gasteiger partial charge is 0.387 e. The van der Waals surface area contributed by atoms with E-state index in [2.05, 4.69) is 9.88 Å². The van der Waals surface area contributed by atoms with Gasteiger partial charge < -0.3 is 29.2 Å². The first-order valence-electron chi connectivity index (χ1n) is 17.3. The lowest BCUT2D eigenvalue weighted by Crippen LogP contribution is -2.43. The highest BCUT2D eigenvalue weighted by Gasteiger charge is 2.30. The van der Waals surface area contributed by atoms with E-state index in [1.807, 2.05) is 0 Å². The summed E-state index contributed by atoms with van der Waals surface area (Å²) in [6.45, 7) is 0.726. The summed E-state index contributed by atoms with van der Waals surface area (Å²) >= 11 is 13.1. The van der Waals surface area contributed by atoms with Crippen LogP contribution in [0.5, 0.6) is 17.2 Å². The number of ether oxygens (including phenoxy) is 5. The Balaban J connectivity index is 0.00000541. The van der Waals surface area contributed by atoms with Gasteiger partial charge in [-0.05, 0) is 73.4 Å². The number of H-pyrrole nitrogens is 1. The molecule has 3 fully saturated rings. The molecule has 0 amide bonds. The molecule has 1 atom stereocenters. The number of esters is 1. The summed E-state index contributed by atoms with van der Waals surface area (Å²) in [5.41, 5.74) is 1.16. The van der Waals surface area contributed by atoms with Crippen molar-refractivity contribution < 1.29 is 56.1 Å². The zero-order valence-electron chi connectivity index (χ0n) is 29.1. The largest absolute Gasteiger partial charge is 0.870 e. The van der Waals surface area contributed by atoms with Gasteiger partial charge in [0.1, 0.15) is 27.5 Å². The number of halogens is 4. The Labute approximate surface area is 317 Å². The second-order valence-electron chi connectivity index (χ2n) is 13.3. The molecule has 3 aliphatic rings. The number of carbonyl (C=O) groups excluding carboxylic acids is 1. The fourth-order valence-corrected chi connectivity index (χ4v) is 7.24. The Bertz CT molecular complexity index is 1810. The van der Waals surface area contributed by atoms with E-state index in [9.17, 15) is 22.0 Å². The summed E-state index contributed by atoms with van der Waals surface area (Å²) in [7, 11) is -3.76. The Morgan fingerprint density at radius 1 is 0.962 bits per heavy atom. The predicted octanol–water partition coefficient (Wildman–Crippen LogP) is 6.05. The van der Waals surface area contributed by atoms with Gasteiger partial charge in [0.2, 0.25) is 10.0 Å². The molecular formula is C36H43Cl2F2N3O9S. The maximum absolute atomic E-state index is 14.3. The summed E-state index contributed by atoms with van der Waals surface area (Å²) in [5.74, 6) is 0.0270. The number of anilines is 1. The van der Waals surface area contributed by atoms with Crippen LogP contribution in [0.2, 0.25) is 10.0 Å². The second-order valence-corrected chi connectivity index (χ2v) is 16.0. The topological polar surface area (TPSA) is 148 Å². The monoisotopic (exact) mass is 801 g/mol. The first-order chi connectivity index (χ1) is 24.9. The second kappa shape index (κ2) is 18.2. The van der Waals surface area contributed by atoms with E-state index >= 15 is 0 Å². The molecule has 2 saturated carbocycles. The highest BCUT2D eigenvalue weighted by molar-refractivity contribution is 7.92. The van der Waals surface area contributed by atoms with Crippen molar-refractivity contribution in [2.24, 2.45) is 11.8 Å². The number of sulfonamides is 1. The zero-order valence-corrected chi connectivity index (χ0v) is 31.5. The van der Waals surface area contributed by atoms with Crippen LogP contribution in [0.15, 0.2) is 48.8 Å². The molecule has 2 aromatic carbocycles. The van der Waals surface area contributed by atoms with Crippen LogP contribution >= 0.6 is 23.2 Å². The number of nitrogens with zero attached hydrogens (tertiary/aromatic N) is 2. The van der Waals surface area contributed by atoms with E-state index in [1.54, 1.807) is 12.1 Å². The van der Waals surface area contributed by atoms with Gasteiger partial charge in [0.15, 0.2) is 23.9 Å². The van der Waals surface area contributed by atoms with Crippen molar-refractivity contribution in [1.82, 2.24) is 4.90 Å². The molecular weight excluding hydrogens is 759 g/mol. The number of nitrogens with one attached hydrogen (secondary N) is 1. The molecule has 0 radical (unpaired) electrons. The number of benzene rings is 2. The molecule has 2 aliphatic carbocycles. The van der Waals surface area contributed by atoms with Gasteiger partial charge in [-0.2, -0.15) is 8.78 Å². The quantitative estimate of drug-likeness (QED) is 0.139. The van der Waals surface area contributed by atoms with Crippen LogP contribution in [0.3, 0.4) is 0 Å². The predicted molar refractivity (Wildman–Crippen MR) is 192 cm³/mol. The molecule has 12 nitrogen and oxygen atoms in total. The highest BCUT2D eigenvalue weighted by Crippen LogP contribution is 2.39. The van der Waals surface area contributed by atoms with E-state index in [1.165, 1.54) is 41.0 Å². The molecule has 290 valence electrons. The van der Waals surface area contributed by atoms with Crippen LogP contribution in [-0.2, 0) is 25.9 Å². The lowest BCUT2D eigenvalue weighted by Gasteiger charge is -2.30. The number of carbonyl (C=O) groups is 1. The lowest BCUT2D eigenvalue weighted by molar-refractivity contribution is -0.377. The molecule has 1 aromatic heterocycles. The number of pyridine rings is 1. The molecule has 0 spiro atoms. The Morgan fingerprint density at radius 2 is 1.58 bits per heavy atom. The van der Waals surface area contributed by atoms with E-state index in [4.69, 9.17) is 46.9 Å². The molecule has 2 N–H and O–H groups in total. The van der Waals surface area contributed by atoms with Gasteiger partial charge in [-0.1, -0.05) is 29.3 Å². The minimum atomic E-state index is -3.76. The van der Waals surface area contributed by atoms with Crippen LogP contribution in [0, 0.1) is 11.8 Å². The zero-order chi connectivity index (χ0) is 36.8. The SMILES string of the molecule is CS(=O)(=O)N(CCN1CCOCC1)c1ccc(OCC2CC2)c(C(=O)O[C@@H](Cc2c(Cl)c[nH+]cc2Cl)c2ccc(OC(F)F)c(OCC3CC3)c2)c1.[OH-]. The first-order valence-corrected chi connectivity index (χ1v) is 19.9. The Morgan fingerprint density at radius 3 is 2.19 bits per heavy atom. The fraction of sp³-hybridized carbons (Fsp3) is 0.500. The summed E-state index contributed by atoms with van der Waals surface area (Å²) < 4.78 is 82.5. The first kappa shape index (κ1) is 40.7. The maximum Gasteiger partial charge on any atom is 0.387 e. The minimum Gasteiger partial charge on any atom is -0.870 e. The number of alkyl halides is 2. The van der Waals surface area contributed by atoms with Crippen LogP contribution in [-0.4, -0.2) is 90.2 Å². The van der Waals surface area contributed by atoms with Gasteiger partial charge in [0, 0.05) is 38.2 Å². The molecule has 1 aliphatic heterocycles. The Kier molecular flexibility index (Phi) is 14.0. The van der Waals surface area contributed by atoms with Crippen LogP contribution < -0.4 is 23.5 Å². The van der Waals surface area contributed by atoms with Crippen LogP contribution in [0.4, 0.5) is 14.5 Å². The number of hydrogen-bond acceptors (Lipinski definition) is 10. The average Bonchev–Trinajstić information content (AvgIpc) is 4.04. The third-order valence-electron chi connectivity index (χ3n) is 9.13. The summed E-state index contributed by atoms with van der Waals surface area (Å²) in [5, 5.41) is 0.576. The standard InChI is InChI=1S/C36H41Cl2F2N3O8S.H2O/c1-52(45,46)43(11-10-42-12-14-47-15-13-42)26-7-9-31(48-21-23-2-3-23)28(17-26)35(44)50-33(18-27-29(37)19-41-20-30(27)38)25-6-8-32(51-36(39)40)34(16-25)49-22-24-4-5-24;/h6-9,16-17,19-20,23-24,33,36H,2-5,10-15,18,21-22H2,1H3;1H2/t33-;/m0./s1. The molecule has 17 heteroatoms. The van der Waals surface area contributed by atoms with Gasteiger partial charge in [-0.3, -0.25) is 9.21 Å². The van der Waals surface area contributed by atoms with Crippen molar-refractivity contribution in [2.45, 2.75) is 44.8 Å². The molecule has 6 rings (SSSR count). The molecule has 3 aromatic rings. The fourth-order valence-electron chi connectivity index (χ4n) is 5.79. The number of aromatic nitrogens is 1. The number of aromatic amines is 1. The molecule has 1 saturated heterocycles. The van der Waals surface area contributed by atoms with Crippen LogP contribution in [0.1, 0.15) is 53.3 Å². The molecule has 0 bridgehead atoms. The van der Waals surface area contributed by atoms with Crippen molar-refractivity contribution in [2.75, 3.05) is 63.2 Å². The van der Waals surface area contributed by atoms with Gasteiger partial charge >= 0.3 is 12.6 Å². The van der Waals surface area contributed by atoms with Gasteiger partial charge in [-0.25, -0.2) is 18.2 Å². The van der Waals surface area contributed by atoms with Gasteiger partial charge in [0.05, 0.1) is 38.4 Å². The highest BCUT2D eigenvalue weighted by atomic mass is 35.5. The van der Waals surface area contributed by atoms with E-state index in [-0.39, 0.29) is 57.0 Å². The van der Waals surface area contributed by atoms with E-state index < -0.39 is 28.7 Å². The average molecular weight is 803 g/mol. The normalized spacial score (nSPS) is 16.8. The van der Waals surface area contributed by atoms with Crippen molar-refractivity contribution in [3.05, 3.63) is 75.5 Å². The third kappa shape index (κ3) is 11.5. The number of morpholine rings is 1. The van der Waals surface area contributed by atoms with Crippen molar-refractivity contribution in [1.29, 1.82) is 0 Å². The maximum atomic E-state index is 14.3. The van der Waals surface area contributed by atoms with Crippen LogP contribution in [0.25, 0.3) is 0 Å². The number of hydrogen-bond donors (Lipinski definition) is 0. The van der Waals surface area contributed by atoms with Gasteiger partial charge in [-0.15, -0.1) is 0 Å². The summed E-state index contributed by atoms with van der Waals surface area (Å²) in [6.07, 6.45) is 7.11. The number of rotatable bonds is 18. The molecule has 0 unspecified atom stereocenters. The van der Waals surface area contributed by atoms with Crippen molar-refractivity contribution >= 4 is 44.9 Å². The summed E-state index contributed by atoms with van der Waals surface area (Å²) in [6, 6.07) is 9.01. The Hall–Kier alpha value is -3.47. The third-order valence-corrected chi connectivity index (χ3v) is 11.0. The van der Waals surface area contributed by atoms with E-state index in [0.717, 1.165) is 31.9 Å². The lowest BCUT2D eigenvalue weighted by atomic mass is 10.0. The van der Waals surface area contributed by atoms with Crippen molar-refractivity contribution in [3.8, 4) is 17.2 Å². The molecule has 2 heterocycles. The van der Waals surface area contributed by atoms with Gasteiger partial charge in [0.25, 0.3) is 0 Å².